The highest BCUT2D eigenvalue weighted by Gasteiger charge is 2.09. The van der Waals surface area contributed by atoms with Crippen molar-refractivity contribution in [1.29, 1.82) is 0 Å². The van der Waals surface area contributed by atoms with Crippen LogP contribution in [0, 0.1) is 6.92 Å². The van der Waals surface area contributed by atoms with Crippen molar-refractivity contribution in [3.05, 3.63) is 36.0 Å². The third-order valence-corrected chi connectivity index (χ3v) is 2.14. The molecule has 0 aliphatic heterocycles. The molecule has 0 bridgehead atoms. The molecule has 1 aromatic heterocycles. The van der Waals surface area contributed by atoms with Crippen molar-refractivity contribution in [3.8, 4) is 0 Å². The van der Waals surface area contributed by atoms with E-state index in [2.05, 4.69) is 5.10 Å². The van der Waals surface area contributed by atoms with Crippen LogP contribution in [0.4, 0.5) is 0 Å². The minimum Gasteiger partial charge on any atom is -0.476 e. The van der Waals surface area contributed by atoms with Gasteiger partial charge < -0.3 is 5.11 Å². The van der Waals surface area contributed by atoms with Crippen LogP contribution in [-0.2, 0) is 11.3 Å². The number of carbonyl (C=O) groups is 1. The Morgan fingerprint density at radius 3 is 3.00 bits per heavy atom. The van der Waals surface area contributed by atoms with Gasteiger partial charge in [0.2, 0.25) is 0 Å². The molecule has 0 amide bonds. The Bertz CT molecular complexity index is 523. The molecule has 1 N–H and O–H groups in total. The molecule has 0 saturated carbocycles. The predicted molar refractivity (Wildman–Crippen MR) is 54.3 cm³/mol. The van der Waals surface area contributed by atoms with Gasteiger partial charge in [0.25, 0.3) is 6.54 Å². The highest BCUT2D eigenvalue weighted by molar-refractivity contribution is 5.77. The lowest BCUT2D eigenvalue weighted by Crippen LogP contribution is -2.41. The molecule has 0 unspecified atom stereocenters. The molecule has 4 nitrogen and oxygen atoms in total. The van der Waals surface area contributed by atoms with Gasteiger partial charge in [-0.2, -0.15) is 0 Å². The summed E-state index contributed by atoms with van der Waals surface area (Å²) in [4.78, 5) is 10.5. The van der Waals surface area contributed by atoms with Crippen LogP contribution in [0.3, 0.4) is 0 Å². The van der Waals surface area contributed by atoms with Crippen molar-refractivity contribution in [3.63, 3.8) is 0 Å². The van der Waals surface area contributed by atoms with Crippen LogP contribution in [0.2, 0.25) is 0 Å². The van der Waals surface area contributed by atoms with Crippen LogP contribution < -0.4 is 4.68 Å². The first-order valence-electron chi connectivity index (χ1n) is 4.64. The van der Waals surface area contributed by atoms with Crippen LogP contribution >= 0.6 is 0 Å². The third kappa shape index (κ3) is 2.10. The topological polar surface area (TPSA) is 54.1 Å². The maximum absolute atomic E-state index is 10.5. The number of rotatable bonds is 2. The summed E-state index contributed by atoms with van der Waals surface area (Å²) < 4.78 is 1.42. The highest BCUT2D eigenvalue weighted by Crippen LogP contribution is 2.10. The molecule has 15 heavy (non-hydrogen) atoms. The van der Waals surface area contributed by atoms with Gasteiger partial charge in [0.05, 0.1) is 0 Å². The molecule has 0 atom stereocenters. The van der Waals surface area contributed by atoms with E-state index in [1.54, 1.807) is 6.20 Å². The smallest absolute Gasteiger partial charge is 0.372 e. The number of carboxylic acids is 1. The minimum atomic E-state index is -0.890. The number of nitrogens with zero attached hydrogens (tertiary/aromatic N) is 2. The molecule has 0 saturated heterocycles. The minimum absolute atomic E-state index is 0.107. The molecular formula is C11H11N2O2+. The second-order valence-electron chi connectivity index (χ2n) is 3.47. The van der Waals surface area contributed by atoms with Gasteiger partial charge in [-0.05, 0) is 19.1 Å². The molecular weight excluding hydrogens is 192 g/mol. The second kappa shape index (κ2) is 3.65. The number of benzene rings is 1. The summed E-state index contributed by atoms with van der Waals surface area (Å²) in [7, 11) is 0. The Balaban J connectivity index is 2.47. The summed E-state index contributed by atoms with van der Waals surface area (Å²) in [5, 5.41) is 13.8. The fraction of sp³-hybridized carbons (Fsp3) is 0.182. The Morgan fingerprint density at radius 1 is 1.47 bits per heavy atom. The van der Waals surface area contributed by atoms with Gasteiger partial charge in [-0.25, -0.2) is 4.79 Å². The summed E-state index contributed by atoms with van der Waals surface area (Å²) >= 11 is 0. The first-order valence-corrected chi connectivity index (χ1v) is 4.64. The molecule has 4 heteroatoms. The van der Waals surface area contributed by atoms with Crippen LogP contribution in [0.5, 0.6) is 0 Å². The average molecular weight is 203 g/mol. The summed E-state index contributed by atoms with van der Waals surface area (Å²) in [5.74, 6) is -0.890. The van der Waals surface area contributed by atoms with Gasteiger partial charge in [-0.3, -0.25) is 0 Å². The van der Waals surface area contributed by atoms with E-state index < -0.39 is 5.97 Å². The largest absolute Gasteiger partial charge is 0.476 e. The number of aromatic nitrogens is 2. The lowest BCUT2D eigenvalue weighted by molar-refractivity contribution is -0.741. The van der Waals surface area contributed by atoms with Gasteiger partial charge in [-0.1, -0.05) is 16.3 Å². The number of hydrogen-bond acceptors (Lipinski definition) is 2. The fourth-order valence-corrected chi connectivity index (χ4v) is 1.46. The molecule has 2 rings (SSSR count). The van der Waals surface area contributed by atoms with Crippen LogP contribution in [-0.4, -0.2) is 16.2 Å². The number of aryl methyl sites for hydroxylation is 1. The van der Waals surface area contributed by atoms with E-state index in [1.165, 1.54) is 10.2 Å². The third-order valence-electron chi connectivity index (χ3n) is 2.14. The number of aliphatic carboxylic acids is 1. The Morgan fingerprint density at radius 2 is 2.27 bits per heavy atom. The highest BCUT2D eigenvalue weighted by atomic mass is 16.4. The van der Waals surface area contributed by atoms with E-state index in [1.807, 2.05) is 31.2 Å². The quantitative estimate of drug-likeness (QED) is 0.738. The van der Waals surface area contributed by atoms with Gasteiger partial charge in [0.15, 0.2) is 6.20 Å². The fourth-order valence-electron chi connectivity index (χ4n) is 1.46. The van der Waals surface area contributed by atoms with Crippen molar-refractivity contribution in [1.82, 2.24) is 5.10 Å². The first-order chi connectivity index (χ1) is 7.15. The Labute approximate surface area is 86.8 Å². The molecule has 0 aliphatic rings. The predicted octanol–water partition coefficient (Wildman–Crippen LogP) is 0.915. The second-order valence-corrected chi connectivity index (χ2v) is 3.47. The van der Waals surface area contributed by atoms with Gasteiger partial charge in [-0.15, -0.1) is 0 Å². The summed E-state index contributed by atoms with van der Waals surface area (Å²) in [5.41, 5.74) is 1.98. The normalized spacial score (nSPS) is 10.5. The zero-order valence-electron chi connectivity index (χ0n) is 8.34. The lowest BCUT2D eigenvalue weighted by atomic mass is 10.2. The molecule has 0 spiro atoms. The van der Waals surface area contributed by atoms with E-state index in [9.17, 15) is 4.79 Å². The van der Waals surface area contributed by atoms with Gasteiger partial charge in [0, 0.05) is 16.6 Å². The Hall–Kier alpha value is -1.97. The van der Waals surface area contributed by atoms with E-state index in [-0.39, 0.29) is 6.54 Å². The van der Waals surface area contributed by atoms with Gasteiger partial charge in [0.1, 0.15) is 5.52 Å². The molecule has 0 radical (unpaired) electrons. The lowest BCUT2D eigenvalue weighted by Gasteiger charge is -1.96. The van der Waals surface area contributed by atoms with Crippen LogP contribution in [0.1, 0.15) is 5.56 Å². The van der Waals surface area contributed by atoms with E-state index in [4.69, 9.17) is 5.11 Å². The zero-order chi connectivity index (χ0) is 10.8. The van der Waals surface area contributed by atoms with Crippen LogP contribution in [0.25, 0.3) is 10.9 Å². The van der Waals surface area contributed by atoms with Crippen molar-refractivity contribution in [2.24, 2.45) is 0 Å². The van der Waals surface area contributed by atoms with Crippen molar-refractivity contribution >= 4 is 16.9 Å². The van der Waals surface area contributed by atoms with E-state index in [0.717, 1.165) is 10.9 Å². The summed E-state index contributed by atoms with van der Waals surface area (Å²) in [6.07, 6.45) is 1.68. The van der Waals surface area contributed by atoms with Crippen molar-refractivity contribution < 1.29 is 14.6 Å². The summed E-state index contributed by atoms with van der Waals surface area (Å²) in [6.45, 7) is 1.90. The molecule has 1 heterocycles. The van der Waals surface area contributed by atoms with Gasteiger partial charge >= 0.3 is 5.97 Å². The molecule has 76 valence electrons. The molecule has 0 fully saturated rings. The number of hydrogen-bond donors (Lipinski definition) is 1. The van der Waals surface area contributed by atoms with Crippen molar-refractivity contribution in [2.45, 2.75) is 13.5 Å². The maximum Gasteiger partial charge on any atom is 0.372 e. The Kier molecular flexibility index (Phi) is 2.33. The number of fused-ring (bicyclic) bond motifs is 1. The maximum atomic E-state index is 10.5. The average Bonchev–Trinajstić information content (AvgIpc) is 2.17. The van der Waals surface area contributed by atoms with Crippen LogP contribution in [0.15, 0.2) is 30.5 Å². The number of carboxylic acid groups (broad SMARTS) is 1. The van der Waals surface area contributed by atoms with Crippen molar-refractivity contribution in [2.75, 3.05) is 0 Å². The molecule has 1 aromatic carbocycles. The summed E-state index contributed by atoms with van der Waals surface area (Å²) in [6, 6.07) is 7.75. The van der Waals surface area contributed by atoms with E-state index >= 15 is 0 Å². The zero-order valence-corrected chi connectivity index (χ0v) is 8.34. The first kappa shape index (κ1) is 9.58. The SMILES string of the molecule is Cc1ccc2n[n+](CC(=O)O)ccc2c1. The standard InChI is InChI=1S/C11H10N2O2/c1-8-2-3-10-9(6-8)4-5-13(12-10)7-11(14)15/h2-6H,7H2,1H3/p+1. The monoisotopic (exact) mass is 203 g/mol. The molecule has 0 aliphatic carbocycles. The van der Waals surface area contributed by atoms with E-state index in [0.29, 0.717) is 0 Å². The molecule has 2 aromatic rings.